The Bertz CT molecular complexity index is 771. The van der Waals surface area contributed by atoms with Crippen molar-refractivity contribution in [3.8, 4) is 17.2 Å². The van der Waals surface area contributed by atoms with Crippen molar-refractivity contribution in [2.45, 2.75) is 18.4 Å². The Kier molecular flexibility index (Phi) is 5.87. The molecule has 3 aromatic carbocycles. The van der Waals surface area contributed by atoms with Gasteiger partial charge in [-0.1, -0.05) is 36.4 Å². The zero-order chi connectivity index (χ0) is 20.1. The molecule has 1 unspecified atom stereocenters. The number of benzene rings is 3. The van der Waals surface area contributed by atoms with Gasteiger partial charge in [-0.2, -0.15) is 0 Å². The average Bonchev–Trinajstić information content (AvgIpc) is 3.54. The summed E-state index contributed by atoms with van der Waals surface area (Å²) in [5, 5.41) is 36.8. The van der Waals surface area contributed by atoms with E-state index in [1.165, 1.54) is 0 Å². The van der Waals surface area contributed by atoms with Crippen LogP contribution in [0.25, 0.3) is 0 Å². The molecule has 3 aromatic rings. The summed E-state index contributed by atoms with van der Waals surface area (Å²) in [6, 6.07) is 21.3. The molecule has 0 spiro atoms. The third-order valence-electron chi connectivity index (χ3n) is 4.94. The molecule has 5 nitrogen and oxygen atoms in total. The maximum Gasteiger partial charge on any atom is 0.115 e. The van der Waals surface area contributed by atoms with Gasteiger partial charge in [0, 0.05) is 5.41 Å². The van der Waals surface area contributed by atoms with Crippen LogP contribution < -0.4 is 0 Å². The zero-order valence-corrected chi connectivity index (χ0v) is 15.6. The van der Waals surface area contributed by atoms with Crippen molar-refractivity contribution in [3.05, 3.63) is 89.5 Å². The number of phenols is 3. The molecule has 4 rings (SSSR count). The molecule has 0 radical (unpaired) electrons. The standard InChI is InChI=1S/C20H18O3.C3H6O2/c1-20(14-2-8-17(21)9-3-14,15-4-10-18(22)11-5-15)16-6-12-19(23)13-7-16;4-1-3-2-5-3/h2-13,21-23H,1H3;3-4H,1-2H2. The van der Waals surface area contributed by atoms with Gasteiger partial charge >= 0.3 is 0 Å². The maximum atomic E-state index is 9.57. The molecule has 1 atom stereocenters. The number of phenolic OH excluding ortho intramolecular Hbond substituents is 3. The van der Waals surface area contributed by atoms with Gasteiger partial charge < -0.3 is 25.2 Å². The lowest BCUT2D eigenvalue weighted by molar-refractivity contribution is 0.244. The Morgan fingerprint density at radius 1 is 0.714 bits per heavy atom. The Hall–Kier alpha value is -3.02. The quantitative estimate of drug-likeness (QED) is 0.410. The number of epoxide rings is 1. The van der Waals surface area contributed by atoms with Gasteiger partial charge in [0.1, 0.15) is 23.4 Å². The van der Waals surface area contributed by atoms with Crippen LogP contribution in [-0.4, -0.2) is 39.7 Å². The van der Waals surface area contributed by atoms with Gasteiger partial charge in [-0.05, 0) is 60.0 Å². The number of ether oxygens (including phenoxy) is 1. The predicted molar refractivity (Wildman–Crippen MR) is 107 cm³/mol. The largest absolute Gasteiger partial charge is 0.508 e. The number of rotatable bonds is 4. The Labute approximate surface area is 164 Å². The average molecular weight is 380 g/mol. The van der Waals surface area contributed by atoms with Gasteiger partial charge in [0.15, 0.2) is 0 Å². The van der Waals surface area contributed by atoms with Crippen molar-refractivity contribution in [1.29, 1.82) is 0 Å². The Morgan fingerprint density at radius 3 is 1.18 bits per heavy atom. The van der Waals surface area contributed by atoms with E-state index in [4.69, 9.17) is 5.11 Å². The highest BCUT2D eigenvalue weighted by atomic mass is 16.6. The minimum absolute atomic E-state index is 0.190. The Morgan fingerprint density at radius 2 is 1.00 bits per heavy atom. The number of aliphatic hydroxyl groups is 1. The fourth-order valence-electron chi connectivity index (χ4n) is 3.06. The van der Waals surface area contributed by atoms with Crippen molar-refractivity contribution in [2.24, 2.45) is 0 Å². The maximum absolute atomic E-state index is 9.57. The second-order valence-corrected chi connectivity index (χ2v) is 6.90. The fourth-order valence-corrected chi connectivity index (χ4v) is 3.06. The smallest absolute Gasteiger partial charge is 0.115 e. The lowest BCUT2D eigenvalue weighted by Crippen LogP contribution is -2.25. The van der Waals surface area contributed by atoms with E-state index in [2.05, 4.69) is 11.7 Å². The molecule has 4 N–H and O–H groups in total. The topological polar surface area (TPSA) is 93.5 Å². The summed E-state index contributed by atoms with van der Waals surface area (Å²) in [6.07, 6.45) is 0.190. The molecule has 5 heteroatoms. The first-order valence-electron chi connectivity index (χ1n) is 9.04. The van der Waals surface area contributed by atoms with Crippen molar-refractivity contribution >= 4 is 0 Å². The molecule has 0 aliphatic carbocycles. The SMILES string of the molecule is CC(c1ccc(O)cc1)(c1ccc(O)cc1)c1ccc(O)cc1.OCC1CO1. The molecule has 1 heterocycles. The molecular weight excluding hydrogens is 356 g/mol. The highest BCUT2D eigenvalue weighted by Crippen LogP contribution is 2.40. The zero-order valence-electron chi connectivity index (χ0n) is 15.6. The second kappa shape index (κ2) is 8.33. The van der Waals surface area contributed by atoms with E-state index in [-0.39, 0.29) is 30.0 Å². The first-order chi connectivity index (χ1) is 13.4. The van der Waals surface area contributed by atoms with E-state index in [0.29, 0.717) is 0 Å². The lowest BCUT2D eigenvalue weighted by Gasteiger charge is -2.32. The third-order valence-corrected chi connectivity index (χ3v) is 4.94. The van der Waals surface area contributed by atoms with Crippen LogP contribution in [0.15, 0.2) is 72.8 Å². The highest BCUT2D eigenvalue weighted by Gasteiger charge is 2.31. The van der Waals surface area contributed by atoms with Crippen LogP contribution in [0.5, 0.6) is 17.2 Å². The molecule has 1 aliphatic heterocycles. The van der Waals surface area contributed by atoms with E-state index in [1.807, 2.05) is 36.4 Å². The van der Waals surface area contributed by atoms with Crippen LogP contribution in [0.4, 0.5) is 0 Å². The summed E-state index contributed by atoms with van der Waals surface area (Å²) in [4.78, 5) is 0. The van der Waals surface area contributed by atoms with E-state index in [0.717, 1.165) is 23.3 Å². The highest BCUT2D eigenvalue weighted by molar-refractivity contribution is 5.51. The number of aliphatic hydroxyl groups excluding tert-OH is 1. The van der Waals surface area contributed by atoms with Crippen LogP contribution in [0.3, 0.4) is 0 Å². The molecule has 146 valence electrons. The summed E-state index contributed by atoms with van der Waals surface area (Å²) >= 11 is 0. The van der Waals surface area contributed by atoms with Gasteiger partial charge in [-0.3, -0.25) is 0 Å². The summed E-state index contributed by atoms with van der Waals surface area (Å²) in [5.74, 6) is 0.646. The van der Waals surface area contributed by atoms with E-state index < -0.39 is 5.41 Å². The summed E-state index contributed by atoms with van der Waals surface area (Å²) in [7, 11) is 0. The number of hydrogen-bond donors (Lipinski definition) is 4. The molecule has 0 amide bonds. The van der Waals surface area contributed by atoms with Gasteiger partial charge in [0.05, 0.1) is 13.2 Å². The second-order valence-electron chi connectivity index (χ2n) is 6.90. The Balaban J connectivity index is 0.000000391. The van der Waals surface area contributed by atoms with Crippen molar-refractivity contribution in [1.82, 2.24) is 0 Å². The predicted octanol–water partition coefficient (Wildman–Crippen LogP) is 3.54. The van der Waals surface area contributed by atoms with Gasteiger partial charge in [-0.15, -0.1) is 0 Å². The summed E-state index contributed by atoms with van der Waals surface area (Å²) in [5.41, 5.74) is 2.54. The van der Waals surface area contributed by atoms with Crippen LogP contribution in [0.2, 0.25) is 0 Å². The number of aromatic hydroxyl groups is 3. The van der Waals surface area contributed by atoms with Crippen molar-refractivity contribution < 1.29 is 25.2 Å². The molecule has 28 heavy (non-hydrogen) atoms. The van der Waals surface area contributed by atoms with Crippen LogP contribution in [0, 0.1) is 0 Å². The molecule has 0 aromatic heterocycles. The van der Waals surface area contributed by atoms with Crippen LogP contribution >= 0.6 is 0 Å². The molecular formula is C23H24O5. The molecule has 1 aliphatic rings. The van der Waals surface area contributed by atoms with Crippen LogP contribution in [0.1, 0.15) is 23.6 Å². The minimum atomic E-state index is -0.477. The van der Waals surface area contributed by atoms with Gasteiger partial charge in [0.25, 0.3) is 0 Å². The molecule has 1 saturated heterocycles. The fraction of sp³-hybridized carbons (Fsp3) is 0.217. The van der Waals surface area contributed by atoms with E-state index in [9.17, 15) is 15.3 Å². The molecule has 1 fully saturated rings. The summed E-state index contributed by atoms with van der Waals surface area (Å²) < 4.78 is 4.61. The number of hydrogen-bond acceptors (Lipinski definition) is 5. The van der Waals surface area contributed by atoms with Gasteiger partial charge in [-0.25, -0.2) is 0 Å². The van der Waals surface area contributed by atoms with Crippen molar-refractivity contribution in [2.75, 3.05) is 13.2 Å². The monoisotopic (exact) mass is 380 g/mol. The van der Waals surface area contributed by atoms with Crippen LogP contribution in [-0.2, 0) is 10.2 Å². The van der Waals surface area contributed by atoms with E-state index in [1.54, 1.807) is 36.4 Å². The van der Waals surface area contributed by atoms with Crippen molar-refractivity contribution in [3.63, 3.8) is 0 Å². The first kappa shape index (κ1) is 19.7. The van der Waals surface area contributed by atoms with Gasteiger partial charge in [0.2, 0.25) is 0 Å². The normalized spacial score (nSPS) is 15.4. The van der Waals surface area contributed by atoms with E-state index >= 15 is 0 Å². The molecule has 0 bridgehead atoms. The lowest BCUT2D eigenvalue weighted by atomic mass is 9.71. The third kappa shape index (κ3) is 4.44. The summed E-state index contributed by atoms with van der Waals surface area (Å²) in [6.45, 7) is 3.04. The molecule has 0 saturated carbocycles. The minimum Gasteiger partial charge on any atom is -0.508 e. The first-order valence-corrected chi connectivity index (χ1v) is 9.04.